The molecule has 3 aromatic heterocycles. The summed E-state index contributed by atoms with van der Waals surface area (Å²) in [7, 11) is 0. The first kappa shape index (κ1) is 19.4. The van der Waals surface area contributed by atoms with Gasteiger partial charge in [0.2, 0.25) is 0 Å². The molecule has 31 heavy (non-hydrogen) atoms. The van der Waals surface area contributed by atoms with Crippen LogP contribution in [0.25, 0.3) is 16.7 Å². The van der Waals surface area contributed by atoms with Gasteiger partial charge < -0.3 is 20.6 Å². The molecule has 9 nitrogen and oxygen atoms in total. The first-order valence-electron chi connectivity index (χ1n) is 9.89. The number of pyridine rings is 1. The van der Waals surface area contributed by atoms with E-state index in [-0.39, 0.29) is 6.04 Å². The number of para-hydroxylation sites is 1. The van der Waals surface area contributed by atoms with Gasteiger partial charge in [-0.3, -0.25) is 4.40 Å². The fourth-order valence-corrected chi connectivity index (χ4v) is 4.22. The molecule has 3 N–H and O–H groups in total. The van der Waals surface area contributed by atoms with Crippen molar-refractivity contribution in [3.63, 3.8) is 0 Å². The Bertz CT molecular complexity index is 1290. The number of amides is 1. The molecule has 5 rings (SSSR count). The molecule has 1 aliphatic rings. The summed E-state index contributed by atoms with van der Waals surface area (Å²) in [6.07, 6.45) is 3.18. The highest BCUT2D eigenvalue weighted by Crippen LogP contribution is 2.31. The van der Waals surface area contributed by atoms with E-state index in [0.717, 1.165) is 35.6 Å². The molecule has 10 heteroatoms. The predicted octanol–water partition coefficient (Wildman–Crippen LogP) is 3.83. The average Bonchev–Trinajstić information content (AvgIpc) is 3.40. The van der Waals surface area contributed by atoms with Gasteiger partial charge in [-0.15, -0.1) is 0 Å². The van der Waals surface area contributed by atoms with Crippen LogP contribution in [-0.2, 0) is 0 Å². The highest BCUT2D eigenvalue weighted by atomic mass is 35.5. The van der Waals surface area contributed by atoms with Crippen molar-refractivity contribution >= 4 is 51.7 Å². The van der Waals surface area contributed by atoms with Crippen LogP contribution >= 0.6 is 11.6 Å². The molecule has 1 atom stereocenters. The Labute approximate surface area is 182 Å². The second-order valence-corrected chi connectivity index (χ2v) is 7.97. The number of fused-ring (bicyclic) bond motifs is 3. The third kappa shape index (κ3) is 3.57. The number of hydrogen-bond donors (Lipinski definition) is 3. The quantitative estimate of drug-likeness (QED) is 0.445. The molecule has 1 amide bonds. The van der Waals surface area contributed by atoms with Crippen molar-refractivity contribution in [2.45, 2.75) is 19.4 Å². The largest absolute Gasteiger partial charge is 0.465 e. The summed E-state index contributed by atoms with van der Waals surface area (Å²) >= 11 is 6.39. The number of carbonyl (C=O) groups is 1. The Morgan fingerprint density at radius 3 is 2.94 bits per heavy atom. The molecule has 0 radical (unpaired) electrons. The van der Waals surface area contributed by atoms with E-state index in [9.17, 15) is 4.79 Å². The monoisotopic (exact) mass is 437 g/mol. The van der Waals surface area contributed by atoms with E-state index >= 15 is 0 Å². The lowest BCUT2D eigenvalue weighted by atomic mass is 10.2. The molecule has 158 valence electrons. The van der Waals surface area contributed by atoms with E-state index in [1.807, 2.05) is 41.7 Å². The van der Waals surface area contributed by atoms with Crippen LogP contribution in [-0.4, -0.2) is 49.7 Å². The summed E-state index contributed by atoms with van der Waals surface area (Å²) in [5.74, 6) is 1.42. The van der Waals surface area contributed by atoms with Crippen molar-refractivity contribution in [2.75, 3.05) is 23.3 Å². The molecule has 1 saturated heterocycles. The Hall–Kier alpha value is -3.59. The number of nitrogens with zero attached hydrogens (tertiary/aromatic N) is 5. The lowest BCUT2D eigenvalue weighted by Crippen LogP contribution is -2.36. The summed E-state index contributed by atoms with van der Waals surface area (Å²) in [6, 6.07) is 9.45. The normalized spacial score (nSPS) is 16.2. The van der Waals surface area contributed by atoms with E-state index in [0.29, 0.717) is 28.5 Å². The molecule has 4 heterocycles. The number of aromatic nitrogens is 4. The number of aryl methyl sites for hydroxylation is 1. The molecule has 0 aliphatic carbocycles. The number of imidazole rings is 1. The van der Waals surface area contributed by atoms with E-state index < -0.39 is 6.09 Å². The zero-order valence-electron chi connectivity index (χ0n) is 16.7. The SMILES string of the molecule is Cc1cccc(Cl)c1Nc1nc2ccc(N3CC[C@@H](NC(=O)O)C3)nc2n2cncc12. The van der Waals surface area contributed by atoms with E-state index in [1.54, 1.807) is 12.5 Å². The van der Waals surface area contributed by atoms with Crippen molar-refractivity contribution in [1.82, 2.24) is 24.7 Å². The van der Waals surface area contributed by atoms with Gasteiger partial charge in [0.1, 0.15) is 23.2 Å². The number of halogens is 1. The van der Waals surface area contributed by atoms with Crippen LogP contribution in [0.2, 0.25) is 5.02 Å². The summed E-state index contributed by atoms with van der Waals surface area (Å²) in [5, 5.41) is 15.5. The van der Waals surface area contributed by atoms with Crippen molar-refractivity contribution in [1.29, 1.82) is 0 Å². The van der Waals surface area contributed by atoms with Crippen LogP contribution in [0.5, 0.6) is 0 Å². The van der Waals surface area contributed by atoms with Crippen LogP contribution in [0.1, 0.15) is 12.0 Å². The van der Waals surface area contributed by atoms with Crippen molar-refractivity contribution in [2.24, 2.45) is 0 Å². The number of anilines is 3. The zero-order valence-corrected chi connectivity index (χ0v) is 17.5. The van der Waals surface area contributed by atoms with Crippen LogP contribution in [0, 0.1) is 6.92 Å². The summed E-state index contributed by atoms with van der Waals surface area (Å²) in [4.78, 5) is 26.9. The molecule has 0 unspecified atom stereocenters. The maximum atomic E-state index is 10.9. The summed E-state index contributed by atoms with van der Waals surface area (Å²) in [5.41, 5.74) is 3.99. The van der Waals surface area contributed by atoms with Gasteiger partial charge in [-0.25, -0.2) is 19.7 Å². The third-order valence-corrected chi connectivity index (χ3v) is 5.80. The average molecular weight is 438 g/mol. The van der Waals surface area contributed by atoms with Gasteiger partial charge in [-0.1, -0.05) is 23.7 Å². The summed E-state index contributed by atoms with van der Waals surface area (Å²) < 4.78 is 1.89. The molecule has 1 fully saturated rings. The molecule has 0 spiro atoms. The smallest absolute Gasteiger partial charge is 0.404 e. The molecule has 1 aliphatic heterocycles. The van der Waals surface area contributed by atoms with E-state index in [4.69, 9.17) is 26.7 Å². The molecular weight excluding hydrogens is 418 g/mol. The first-order valence-corrected chi connectivity index (χ1v) is 10.3. The second kappa shape index (κ2) is 7.59. The van der Waals surface area contributed by atoms with E-state index in [2.05, 4.69) is 20.5 Å². The Kier molecular flexibility index (Phi) is 4.74. The Balaban J connectivity index is 1.53. The minimum atomic E-state index is -1.00. The van der Waals surface area contributed by atoms with Gasteiger partial charge in [0.15, 0.2) is 11.5 Å². The predicted molar refractivity (Wildman–Crippen MR) is 120 cm³/mol. The van der Waals surface area contributed by atoms with Gasteiger partial charge in [0, 0.05) is 13.1 Å². The molecule has 4 aromatic rings. The number of carboxylic acid groups (broad SMARTS) is 1. The number of rotatable bonds is 4. The van der Waals surface area contributed by atoms with Crippen LogP contribution in [0.3, 0.4) is 0 Å². The van der Waals surface area contributed by atoms with Gasteiger partial charge in [0.25, 0.3) is 0 Å². The molecule has 0 saturated carbocycles. The van der Waals surface area contributed by atoms with Gasteiger partial charge in [-0.2, -0.15) is 0 Å². The molecular formula is C21H20ClN7O2. The third-order valence-electron chi connectivity index (χ3n) is 5.49. The lowest BCUT2D eigenvalue weighted by Gasteiger charge is -2.18. The Morgan fingerprint density at radius 1 is 1.26 bits per heavy atom. The van der Waals surface area contributed by atoms with Gasteiger partial charge in [0.05, 0.1) is 22.9 Å². The maximum Gasteiger partial charge on any atom is 0.404 e. The minimum absolute atomic E-state index is 0.105. The maximum absolute atomic E-state index is 10.9. The van der Waals surface area contributed by atoms with Crippen LogP contribution in [0.4, 0.5) is 22.1 Å². The second-order valence-electron chi connectivity index (χ2n) is 7.56. The standard InChI is InChI=1S/C21H20ClN7O2/c1-12-3-2-4-14(22)18(12)27-19-16-9-23-11-29(16)20-15(25-19)5-6-17(26-20)28-8-7-13(10-28)24-21(30)31/h2-6,9,11,13,24H,7-8,10H2,1H3,(H,25,27)(H,30,31)/t13-/m1/s1. The fourth-order valence-electron chi connectivity index (χ4n) is 3.95. The minimum Gasteiger partial charge on any atom is -0.465 e. The fraction of sp³-hybridized carbons (Fsp3) is 0.238. The van der Waals surface area contributed by atoms with Crippen molar-refractivity contribution in [3.8, 4) is 0 Å². The molecule has 0 bridgehead atoms. The Morgan fingerprint density at radius 2 is 2.13 bits per heavy atom. The number of benzene rings is 1. The number of hydrogen-bond acceptors (Lipinski definition) is 6. The molecule has 1 aromatic carbocycles. The zero-order chi connectivity index (χ0) is 21.5. The summed E-state index contributed by atoms with van der Waals surface area (Å²) in [6.45, 7) is 3.30. The van der Waals surface area contributed by atoms with Crippen molar-refractivity contribution in [3.05, 3.63) is 53.4 Å². The van der Waals surface area contributed by atoms with Crippen LogP contribution < -0.4 is 15.5 Å². The van der Waals surface area contributed by atoms with Gasteiger partial charge in [-0.05, 0) is 37.1 Å². The van der Waals surface area contributed by atoms with E-state index in [1.165, 1.54) is 0 Å². The van der Waals surface area contributed by atoms with Gasteiger partial charge >= 0.3 is 6.09 Å². The number of nitrogens with one attached hydrogen (secondary N) is 2. The highest BCUT2D eigenvalue weighted by molar-refractivity contribution is 6.33. The van der Waals surface area contributed by atoms with Crippen molar-refractivity contribution < 1.29 is 9.90 Å². The topological polar surface area (TPSA) is 108 Å². The van der Waals surface area contributed by atoms with Crippen LogP contribution in [0.15, 0.2) is 42.9 Å². The lowest BCUT2D eigenvalue weighted by molar-refractivity contribution is 0.191. The first-order chi connectivity index (χ1) is 15.0. The highest BCUT2D eigenvalue weighted by Gasteiger charge is 2.25.